The van der Waals surface area contributed by atoms with E-state index in [0.29, 0.717) is 12.2 Å². The summed E-state index contributed by atoms with van der Waals surface area (Å²) in [7, 11) is 0. The minimum atomic E-state index is -0.290. The van der Waals surface area contributed by atoms with E-state index in [1.807, 2.05) is 6.07 Å². The van der Waals surface area contributed by atoms with E-state index in [2.05, 4.69) is 22.5 Å². The molecule has 0 radical (unpaired) electrons. The minimum absolute atomic E-state index is 0.250. The molecule has 1 heterocycles. The van der Waals surface area contributed by atoms with Crippen molar-refractivity contribution in [2.24, 2.45) is 0 Å². The average molecular weight is 287 g/mol. The van der Waals surface area contributed by atoms with E-state index >= 15 is 0 Å². The van der Waals surface area contributed by atoms with Crippen LogP contribution in [0, 0.1) is 5.82 Å². The second-order valence-electron chi connectivity index (χ2n) is 4.67. The summed E-state index contributed by atoms with van der Waals surface area (Å²) >= 11 is 0. The largest absolute Gasteiger partial charge is 0.385 e. The zero-order chi connectivity index (χ0) is 15.1. The van der Waals surface area contributed by atoms with E-state index in [1.165, 1.54) is 12.1 Å². The van der Waals surface area contributed by atoms with Crippen LogP contribution in [-0.4, -0.2) is 17.4 Å². The van der Waals surface area contributed by atoms with Gasteiger partial charge in [-0.15, -0.1) is 0 Å². The summed E-state index contributed by atoms with van der Waals surface area (Å²) in [6.07, 6.45) is 2.61. The van der Waals surface area contributed by atoms with E-state index < -0.39 is 0 Å². The van der Waals surface area contributed by atoms with Gasteiger partial charge in [0, 0.05) is 25.0 Å². The standard InChI is InChI=1S/C16H18FN3O/c1-2-8-18-14-7-9-19-15(10-14)16(21)20-11-12-3-5-13(17)6-4-12/h3-7,9-10H,2,8,11H2,1H3,(H,18,19)(H,20,21). The first kappa shape index (κ1) is 15.0. The highest BCUT2D eigenvalue weighted by atomic mass is 19.1. The summed E-state index contributed by atoms with van der Waals surface area (Å²) in [4.78, 5) is 16.1. The van der Waals surface area contributed by atoms with Crippen LogP contribution >= 0.6 is 0 Å². The maximum Gasteiger partial charge on any atom is 0.270 e. The molecule has 1 amide bonds. The number of anilines is 1. The molecule has 4 nitrogen and oxygen atoms in total. The first-order valence-corrected chi connectivity index (χ1v) is 6.91. The number of pyridine rings is 1. The third-order valence-corrected chi connectivity index (χ3v) is 2.94. The number of benzene rings is 1. The van der Waals surface area contributed by atoms with Gasteiger partial charge in [0.25, 0.3) is 5.91 Å². The fraction of sp³-hybridized carbons (Fsp3) is 0.250. The van der Waals surface area contributed by atoms with Crippen molar-refractivity contribution in [2.75, 3.05) is 11.9 Å². The van der Waals surface area contributed by atoms with Crippen molar-refractivity contribution in [1.82, 2.24) is 10.3 Å². The molecule has 0 saturated heterocycles. The van der Waals surface area contributed by atoms with Crippen LogP contribution in [-0.2, 0) is 6.54 Å². The molecule has 5 heteroatoms. The van der Waals surface area contributed by atoms with E-state index in [4.69, 9.17) is 0 Å². The van der Waals surface area contributed by atoms with Crippen molar-refractivity contribution < 1.29 is 9.18 Å². The molecule has 21 heavy (non-hydrogen) atoms. The fourth-order valence-electron chi connectivity index (χ4n) is 1.81. The quantitative estimate of drug-likeness (QED) is 0.859. The Bertz CT molecular complexity index is 599. The van der Waals surface area contributed by atoms with Gasteiger partial charge < -0.3 is 10.6 Å². The Morgan fingerprint density at radius 2 is 2.00 bits per heavy atom. The molecule has 0 aliphatic carbocycles. The van der Waals surface area contributed by atoms with Crippen LogP contribution in [0.5, 0.6) is 0 Å². The highest BCUT2D eigenvalue weighted by Gasteiger charge is 2.07. The molecule has 0 saturated carbocycles. The predicted octanol–water partition coefficient (Wildman–Crippen LogP) is 2.97. The number of rotatable bonds is 6. The van der Waals surface area contributed by atoms with Crippen molar-refractivity contribution in [3.05, 3.63) is 59.7 Å². The Morgan fingerprint density at radius 1 is 1.24 bits per heavy atom. The molecule has 0 spiro atoms. The number of amides is 1. The topological polar surface area (TPSA) is 54.0 Å². The molecule has 0 aliphatic heterocycles. The van der Waals surface area contributed by atoms with Crippen LogP contribution in [0.3, 0.4) is 0 Å². The van der Waals surface area contributed by atoms with Crippen LogP contribution in [0.4, 0.5) is 10.1 Å². The third-order valence-electron chi connectivity index (χ3n) is 2.94. The van der Waals surface area contributed by atoms with Crippen LogP contribution < -0.4 is 10.6 Å². The maximum absolute atomic E-state index is 12.8. The Hall–Kier alpha value is -2.43. The third kappa shape index (κ3) is 4.56. The number of aromatic nitrogens is 1. The molecule has 2 aromatic rings. The Balaban J connectivity index is 1.95. The normalized spacial score (nSPS) is 10.2. The molecule has 2 N–H and O–H groups in total. The molecule has 0 atom stereocenters. The molecule has 0 bridgehead atoms. The van der Waals surface area contributed by atoms with Gasteiger partial charge in [-0.1, -0.05) is 19.1 Å². The summed E-state index contributed by atoms with van der Waals surface area (Å²) in [5.41, 5.74) is 2.07. The number of hydrogen-bond donors (Lipinski definition) is 2. The van der Waals surface area contributed by atoms with Gasteiger partial charge in [-0.3, -0.25) is 9.78 Å². The molecule has 1 aromatic heterocycles. The maximum atomic E-state index is 12.8. The number of carbonyl (C=O) groups excluding carboxylic acids is 1. The minimum Gasteiger partial charge on any atom is -0.385 e. The van der Waals surface area contributed by atoms with Crippen molar-refractivity contribution in [1.29, 1.82) is 0 Å². The monoisotopic (exact) mass is 287 g/mol. The number of carbonyl (C=O) groups is 1. The first-order chi connectivity index (χ1) is 10.2. The Labute approximate surface area is 123 Å². The van der Waals surface area contributed by atoms with Gasteiger partial charge in [0.2, 0.25) is 0 Å². The van der Waals surface area contributed by atoms with Gasteiger partial charge >= 0.3 is 0 Å². The predicted molar refractivity (Wildman–Crippen MR) is 80.6 cm³/mol. The molecule has 2 rings (SSSR count). The SMILES string of the molecule is CCCNc1ccnc(C(=O)NCc2ccc(F)cc2)c1. The summed E-state index contributed by atoms with van der Waals surface area (Å²) in [5.74, 6) is -0.541. The molecule has 0 unspecified atom stereocenters. The van der Waals surface area contributed by atoms with Gasteiger partial charge in [-0.25, -0.2) is 4.39 Å². The number of halogens is 1. The van der Waals surface area contributed by atoms with Gasteiger partial charge in [0.1, 0.15) is 11.5 Å². The number of nitrogens with zero attached hydrogens (tertiary/aromatic N) is 1. The van der Waals surface area contributed by atoms with Crippen molar-refractivity contribution in [3.63, 3.8) is 0 Å². The zero-order valence-corrected chi connectivity index (χ0v) is 11.9. The smallest absolute Gasteiger partial charge is 0.270 e. The number of nitrogens with one attached hydrogen (secondary N) is 2. The van der Waals surface area contributed by atoms with Gasteiger partial charge in [-0.05, 0) is 36.2 Å². The van der Waals surface area contributed by atoms with Crippen LogP contribution in [0.15, 0.2) is 42.6 Å². The lowest BCUT2D eigenvalue weighted by Gasteiger charge is -2.08. The second-order valence-corrected chi connectivity index (χ2v) is 4.67. The molecule has 110 valence electrons. The molecular weight excluding hydrogens is 269 g/mol. The highest BCUT2D eigenvalue weighted by Crippen LogP contribution is 2.08. The molecule has 0 fully saturated rings. The molecule has 1 aromatic carbocycles. The van der Waals surface area contributed by atoms with Gasteiger partial charge in [0.15, 0.2) is 0 Å². The van der Waals surface area contributed by atoms with Crippen LogP contribution in [0.2, 0.25) is 0 Å². The lowest BCUT2D eigenvalue weighted by molar-refractivity contribution is 0.0946. The lowest BCUT2D eigenvalue weighted by Crippen LogP contribution is -2.23. The van der Waals surface area contributed by atoms with Crippen LogP contribution in [0.25, 0.3) is 0 Å². The van der Waals surface area contributed by atoms with E-state index in [-0.39, 0.29) is 11.7 Å². The second kappa shape index (κ2) is 7.38. The average Bonchev–Trinajstić information content (AvgIpc) is 2.52. The highest BCUT2D eigenvalue weighted by molar-refractivity contribution is 5.93. The van der Waals surface area contributed by atoms with E-state index in [9.17, 15) is 9.18 Å². The van der Waals surface area contributed by atoms with Gasteiger partial charge in [0.05, 0.1) is 0 Å². The van der Waals surface area contributed by atoms with Crippen LogP contribution in [0.1, 0.15) is 29.4 Å². The first-order valence-electron chi connectivity index (χ1n) is 6.91. The van der Waals surface area contributed by atoms with Gasteiger partial charge in [-0.2, -0.15) is 0 Å². The van der Waals surface area contributed by atoms with E-state index in [1.54, 1.807) is 24.4 Å². The van der Waals surface area contributed by atoms with E-state index in [0.717, 1.165) is 24.2 Å². The Morgan fingerprint density at radius 3 is 2.71 bits per heavy atom. The summed E-state index contributed by atoms with van der Waals surface area (Å²) in [6, 6.07) is 9.57. The van der Waals surface area contributed by atoms with Crippen molar-refractivity contribution >= 4 is 11.6 Å². The summed E-state index contributed by atoms with van der Waals surface area (Å²) in [6.45, 7) is 3.26. The molecule has 0 aliphatic rings. The zero-order valence-electron chi connectivity index (χ0n) is 11.9. The lowest BCUT2D eigenvalue weighted by atomic mass is 10.2. The van der Waals surface area contributed by atoms with Crippen molar-refractivity contribution in [3.8, 4) is 0 Å². The number of hydrogen-bond acceptors (Lipinski definition) is 3. The Kier molecular flexibility index (Phi) is 5.26. The summed E-state index contributed by atoms with van der Waals surface area (Å²) in [5, 5.41) is 5.97. The summed E-state index contributed by atoms with van der Waals surface area (Å²) < 4.78 is 12.8. The fourth-order valence-corrected chi connectivity index (χ4v) is 1.81. The molecular formula is C16H18FN3O. The van der Waals surface area contributed by atoms with Crippen molar-refractivity contribution in [2.45, 2.75) is 19.9 Å².